The standard InChI is InChI=1S/C11H15NO2/c1-3-5-7-9(6-4-2)8-10(12)11(13)14/h3-7,10H,1-2,8,12H2,(H,13,14)/b7-5-,9-6+. The molecule has 14 heavy (non-hydrogen) atoms. The van der Waals surface area contributed by atoms with Crippen LogP contribution >= 0.6 is 0 Å². The Bertz CT molecular complexity index is 277. The van der Waals surface area contributed by atoms with Crippen molar-refractivity contribution in [3.63, 3.8) is 0 Å². The van der Waals surface area contributed by atoms with Crippen LogP contribution in [-0.2, 0) is 4.79 Å². The van der Waals surface area contributed by atoms with E-state index < -0.39 is 12.0 Å². The molecule has 0 bridgehead atoms. The molecular formula is C11H15NO2. The van der Waals surface area contributed by atoms with Gasteiger partial charge in [0.2, 0.25) is 0 Å². The van der Waals surface area contributed by atoms with Crippen molar-refractivity contribution in [3.8, 4) is 0 Å². The molecule has 0 heterocycles. The maximum atomic E-state index is 10.5. The minimum Gasteiger partial charge on any atom is -0.480 e. The van der Waals surface area contributed by atoms with Crippen molar-refractivity contribution < 1.29 is 9.90 Å². The fraction of sp³-hybridized carbons (Fsp3) is 0.182. The summed E-state index contributed by atoms with van der Waals surface area (Å²) >= 11 is 0. The van der Waals surface area contributed by atoms with E-state index in [-0.39, 0.29) is 6.42 Å². The summed E-state index contributed by atoms with van der Waals surface area (Å²) in [6.07, 6.45) is 8.70. The van der Waals surface area contributed by atoms with E-state index in [1.807, 2.05) is 0 Å². The third kappa shape index (κ3) is 5.11. The summed E-state index contributed by atoms with van der Waals surface area (Å²) in [4.78, 5) is 10.5. The monoisotopic (exact) mass is 193 g/mol. The molecule has 0 aromatic heterocycles. The fourth-order valence-corrected chi connectivity index (χ4v) is 0.876. The maximum Gasteiger partial charge on any atom is 0.320 e. The normalized spacial score (nSPS) is 13.9. The summed E-state index contributed by atoms with van der Waals surface area (Å²) in [7, 11) is 0. The van der Waals surface area contributed by atoms with Crippen molar-refractivity contribution in [2.24, 2.45) is 5.73 Å². The minimum atomic E-state index is -1.01. The van der Waals surface area contributed by atoms with Gasteiger partial charge in [0.15, 0.2) is 0 Å². The second-order valence-electron chi connectivity index (χ2n) is 2.72. The Kier molecular flexibility index (Phi) is 6.07. The quantitative estimate of drug-likeness (QED) is 0.630. The average Bonchev–Trinajstić information content (AvgIpc) is 2.14. The van der Waals surface area contributed by atoms with Crippen molar-refractivity contribution in [1.82, 2.24) is 0 Å². The lowest BCUT2D eigenvalue weighted by Gasteiger charge is -2.06. The van der Waals surface area contributed by atoms with Gasteiger partial charge in [-0.2, -0.15) is 0 Å². The number of allylic oxidation sites excluding steroid dienone is 5. The zero-order valence-electron chi connectivity index (χ0n) is 8.02. The van der Waals surface area contributed by atoms with Gasteiger partial charge in [-0.25, -0.2) is 0 Å². The molecule has 0 spiro atoms. The number of hydrogen-bond acceptors (Lipinski definition) is 2. The summed E-state index contributed by atoms with van der Waals surface area (Å²) in [5.41, 5.74) is 6.20. The molecule has 0 aliphatic carbocycles. The third-order valence-electron chi connectivity index (χ3n) is 1.55. The number of aliphatic carboxylic acids is 1. The van der Waals surface area contributed by atoms with E-state index in [1.54, 1.807) is 30.4 Å². The van der Waals surface area contributed by atoms with Gasteiger partial charge in [0, 0.05) is 0 Å². The van der Waals surface area contributed by atoms with Crippen molar-refractivity contribution in [3.05, 3.63) is 49.1 Å². The molecule has 3 nitrogen and oxygen atoms in total. The fourth-order valence-electron chi connectivity index (χ4n) is 0.876. The SMILES string of the molecule is C=C/C=C\C(=C/C=C)CC(N)C(=O)O. The highest BCUT2D eigenvalue weighted by atomic mass is 16.4. The molecule has 76 valence electrons. The first-order valence-corrected chi connectivity index (χ1v) is 4.21. The topological polar surface area (TPSA) is 63.3 Å². The zero-order chi connectivity index (χ0) is 11.0. The number of rotatable bonds is 6. The van der Waals surface area contributed by atoms with E-state index in [0.717, 1.165) is 5.57 Å². The van der Waals surface area contributed by atoms with Crippen LogP contribution in [0.2, 0.25) is 0 Å². The summed E-state index contributed by atoms with van der Waals surface area (Å²) in [5.74, 6) is -1.01. The summed E-state index contributed by atoms with van der Waals surface area (Å²) in [6.45, 7) is 7.06. The van der Waals surface area contributed by atoms with Gasteiger partial charge in [-0.3, -0.25) is 4.79 Å². The van der Waals surface area contributed by atoms with Crippen LogP contribution in [0.3, 0.4) is 0 Å². The number of carbonyl (C=O) groups is 1. The van der Waals surface area contributed by atoms with Crippen LogP contribution in [0, 0.1) is 0 Å². The Morgan fingerprint density at radius 1 is 1.43 bits per heavy atom. The van der Waals surface area contributed by atoms with E-state index in [4.69, 9.17) is 10.8 Å². The van der Waals surface area contributed by atoms with Gasteiger partial charge in [-0.15, -0.1) is 0 Å². The van der Waals surface area contributed by atoms with Gasteiger partial charge in [-0.05, 0) is 12.0 Å². The maximum absolute atomic E-state index is 10.5. The number of hydrogen-bond donors (Lipinski definition) is 2. The lowest BCUT2D eigenvalue weighted by Crippen LogP contribution is -2.30. The highest BCUT2D eigenvalue weighted by Crippen LogP contribution is 2.06. The number of carboxylic acid groups (broad SMARTS) is 1. The molecular weight excluding hydrogens is 178 g/mol. The first kappa shape index (κ1) is 12.4. The van der Waals surface area contributed by atoms with Crippen LogP contribution < -0.4 is 5.73 Å². The van der Waals surface area contributed by atoms with Crippen molar-refractivity contribution in [2.45, 2.75) is 12.5 Å². The van der Waals surface area contributed by atoms with Gasteiger partial charge in [0.25, 0.3) is 0 Å². The molecule has 0 aliphatic heterocycles. The molecule has 0 rings (SSSR count). The van der Waals surface area contributed by atoms with Gasteiger partial charge >= 0.3 is 5.97 Å². The molecule has 3 heteroatoms. The Morgan fingerprint density at radius 2 is 2.07 bits per heavy atom. The van der Waals surface area contributed by atoms with E-state index in [0.29, 0.717) is 0 Å². The Labute approximate surface area is 83.9 Å². The molecule has 0 amide bonds. The van der Waals surface area contributed by atoms with Crippen LogP contribution in [0.15, 0.2) is 49.1 Å². The molecule has 1 unspecified atom stereocenters. The molecule has 3 N–H and O–H groups in total. The second-order valence-corrected chi connectivity index (χ2v) is 2.72. The van der Waals surface area contributed by atoms with Crippen LogP contribution in [0.4, 0.5) is 0 Å². The number of carboxylic acids is 1. The average molecular weight is 193 g/mol. The molecule has 1 atom stereocenters. The van der Waals surface area contributed by atoms with E-state index in [9.17, 15) is 4.79 Å². The largest absolute Gasteiger partial charge is 0.480 e. The first-order chi connectivity index (χ1) is 6.61. The molecule has 0 saturated heterocycles. The van der Waals surface area contributed by atoms with Gasteiger partial charge in [0.1, 0.15) is 6.04 Å². The number of nitrogens with two attached hydrogens (primary N) is 1. The zero-order valence-corrected chi connectivity index (χ0v) is 8.02. The third-order valence-corrected chi connectivity index (χ3v) is 1.55. The molecule has 0 aromatic carbocycles. The van der Waals surface area contributed by atoms with Gasteiger partial charge in [-0.1, -0.05) is 43.5 Å². The van der Waals surface area contributed by atoms with Crippen LogP contribution in [-0.4, -0.2) is 17.1 Å². The summed E-state index contributed by atoms with van der Waals surface area (Å²) < 4.78 is 0. The van der Waals surface area contributed by atoms with E-state index >= 15 is 0 Å². The second kappa shape index (κ2) is 6.86. The minimum absolute atomic E-state index is 0.283. The smallest absolute Gasteiger partial charge is 0.320 e. The molecule has 0 aliphatic rings. The summed E-state index contributed by atoms with van der Waals surface area (Å²) in [5, 5.41) is 8.60. The van der Waals surface area contributed by atoms with Crippen molar-refractivity contribution in [1.29, 1.82) is 0 Å². The molecule has 0 fully saturated rings. The predicted molar refractivity (Wildman–Crippen MR) is 57.8 cm³/mol. The molecule has 0 radical (unpaired) electrons. The highest BCUT2D eigenvalue weighted by Gasteiger charge is 2.11. The molecule has 0 saturated carbocycles. The Balaban J connectivity index is 4.45. The lowest BCUT2D eigenvalue weighted by molar-refractivity contribution is -0.138. The van der Waals surface area contributed by atoms with Crippen LogP contribution in [0.1, 0.15) is 6.42 Å². The highest BCUT2D eigenvalue weighted by molar-refractivity contribution is 5.73. The molecule has 0 aromatic rings. The first-order valence-electron chi connectivity index (χ1n) is 4.21. The van der Waals surface area contributed by atoms with E-state index in [2.05, 4.69) is 13.2 Å². The van der Waals surface area contributed by atoms with Gasteiger partial charge < -0.3 is 10.8 Å². The van der Waals surface area contributed by atoms with Gasteiger partial charge in [0.05, 0.1) is 0 Å². The predicted octanol–water partition coefficient (Wildman–Crippen LogP) is 1.64. The summed E-state index contributed by atoms with van der Waals surface area (Å²) in [6, 6.07) is -0.879. The Hall–Kier alpha value is -1.61. The Morgan fingerprint density at radius 3 is 2.50 bits per heavy atom. The lowest BCUT2D eigenvalue weighted by atomic mass is 10.1. The van der Waals surface area contributed by atoms with Crippen molar-refractivity contribution >= 4 is 5.97 Å². The van der Waals surface area contributed by atoms with Crippen LogP contribution in [0.25, 0.3) is 0 Å². The van der Waals surface area contributed by atoms with Crippen LogP contribution in [0.5, 0.6) is 0 Å². The van der Waals surface area contributed by atoms with E-state index in [1.165, 1.54) is 0 Å². The van der Waals surface area contributed by atoms with Crippen molar-refractivity contribution in [2.75, 3.05) is 0 Å².